The number of carbonyl (C=O) groups is 2. The molecule has 0 saturated carbocycles. The molecular formula is C26H23Cl2N3O2S. The van der Waals surface area contributed by atoms with Crippen molar-refractivity contribution in [1.29, 1.82) is 0 Å². The highest BCUT2D eigenvalue weighted by molar-refractivity contribution is 8.15. The summed E-state index contributed by atoms with van der Waals surface area (Å²) in [6.07, 6.45) is 0.732. The standard InChI is InChI=1S/C26H23Cl2N3O2S/c1-17-4-2-6-21(14-17)29-25(33)23-16-24(32)31(13-12-18-8-10-19(27)11-9-18)26(34-23)30-22-7-3-5-20(28)15-22/h2-11,14-15,23H,12-13,16H2,1H3,(H,29,33). The van der Waals surface area contributed by atoms with Crippen LogP contribution < -0.4 is 5.32 Å². The summed E-state index contributed by atoms with van der Waals surface area (Å²) >= 11 is 13.4. The van der Waals surface area contributed by atoms with Crippen molar-refractivity contribution in [3.63, 3.8) is 0 Å². The van der Waals surface area contributed by atoms with Gasteiger partial charge in [-0.25, -0.2) is 4.99 Å². The average molecular weight is 512 g/mol. The number of benzene rings is 3. The van der Waals surface area contributed by atoms with E-state index in [2.05, 4.69) is 5.32 Å². The van der Waals surface area contributed by atoms with Crippen LogP contribution in [0.25, 0.3) is 0 Å². The second-order valence-electron chi connectivity index (χ2n) is 7.97. The first-order valence-corrected chi connectivity index (χ1v) is 12.4. The van der Waals surface area contributed by atoms with Gasteiger partial charge in [0.15, 0.2) is 5.17 Å². The van der Waals surface area contributed by atoms with Crippen LogP contribution in [0, 0.1) is 6.92 Å². The lowest BCUT2D eigenvalue weighted by molar-refractivity contribution is -0.129. The topological polar surface area (TPSA) is 61.8 Å². The number of nitrogens with zero attached hydrogens (tertiary/aromatic N) is 2. The summed E-state index contributed by atoms with van der Waals surface area (Å²) in [4.78, 5) is 32.5. The lowest BCUT2D eigenvalue weighted by atomic mass is 10.1. The largest absolute Gasteiger partial charge is 0.325 e. The predicted octanol–water partition coefficient (Wildman–Crippen LogP) is 6.50. The third-order valence-corrected chi connectivity index (χ3v) is 6.96. The lowest BCUT2D eigenvalue weighted by Gasteiger charge is -2.32. The van der Waals surface area contributed by atoms with Gasteiger partial charge >= 0.3 is 0 Å². The number of anilines is 1. The summed E-state index contributed by atoms with van der Waals surface area (Å²) in [6, 6.07) is 22.2. The van der Waals surface area contributed by atoms with Gasteiger partial charge in [-0.2, -0.15) is 0 Å². The van der Waals surface area contributed by atoms with Gasteiger partial charge in [-0.05, 0) is 66.9 Å². The van der Waals surface area contributed by atoms with Crippen LogP contribution in [0.5, 0.6) is 0 Å². The van der Waals surface area contributed by atoms with E-state index in [1.54, 1.807) is 23.1 Å². The first kappa shape index (κ1) is 24.3. The third-order valence-electron chi connectivity index (χ3n) is 5.29. The van der Waals surface area contributed by atoms with Crippen LogP contribution in [0.3, 0.4) is 0 Å². The second-order valence-corrected chi connectivity index (χ2v) is 10.0. The van der Waals surface area contributed by atoms with Gasteiger partial charge < -0.3 is 5.32 Å². The highest BCUT2D eigenvalue weighted by Gasteiger charge is 2.35. The van der Waals surface area contributed by atoms with E-state index in [1.807, 2.05) is 61.5 Å². The average Bonchev–Trinajstić information content (AvgIpc) is 2.79. The summed E-state index contributed by atoms with van der Waals surface area (Å²) in [5.41, 5.74) is 3.43. The van der Waals surface area contributed by atoms with Crippen LogP contribution in [-0.2, 0) is 16.0 Å². The Morgan fingerprint density at radius 3 is 2.56 bits per heavy atom. The molecule has 0 spiro atoms. The van der Waals surface area contributed by atoms with E-state index >= 15 is 0 Å². The molecule has 1 unspecified atom stereocenters. The van der Waals surface area contributed by atoms with Gasteiger partial charge in [0.05, 0.1) is 5.69 Å². The monoisotopic (exact) mass is 511 g/mol. The Labute approximate surface area is 213 Å². The van der Waals surface area contributed by atoms with Gasteiger partial charge in [-0.15, -0.1) is 0 Å². The number of halogens is 2. The highest BCUT2D eigenvalue weighted by Crippen LogP contribution is 2.31. The van der Waals surface area contributed by atoms with Crippen LogP contribution >= 0.6 is 35.0 Å². The molecule has 4 rings (SSSR count). The highest BCUT2D eigenvalue weighted by atomic mass is 35.5. The van der Waals surface area contributed by atoms with Gasteiger partial charge in [-0.3, -0.25) is 14.5 Å². The maximum Gasteiger partial charge on any atom is 0.238 e. The zero-order valence-corrected chi connectivity index (χ0v) is 20.8. The molecule has 34 heavy (non-hydrogen) atoms. The minimum absolute atomic E-state index is 0.0947. The Balaban J connectivity index is 1.55. The number of hydrogen-bond acceptors (Lipinski definition) is 4. The molecule has 0 aromatic heterocycles. The molecule has 1 saturated heterocycles. The minimum atomic E-state index is -0.585. The Bertz CT molecular complexity index is 1230. The minimum Gasteiger partial charge on any atom is -0.325 e. The fourth-order valence-corrected chi connectivity index (χ4v) is 4.99. The molecule has 1 aliphatic heterocycles. The van der Waals surface area contributed by atoms with Gasteiger partial charge in [0.2, 0.25) is 11.8 Å². The van der Waals surface area contributed by atoms with Crippen molar-refractivity contribution < 1.29 is 9.59 Å². The van der Waals surface area contributed by atoms with Crippen molar-refractivity contribution in [1.82, 2.24) is 4.90 Å². The smallest absolute Gasteiger partial charge is 0.238 e. The first-order valence-electron chi connectivity index (χ1n) is 10.8. The molecule has 1 atom stereocenters. The van der Waals surface area contributed by atoms with E-state index in [0.717, 1.165) is 11.1 Å². The zero-order chi connectivity index (χ0) is 24.1. The maximum atomic E-state index is 13.2. The van der Waals surface area contributed by atoms with Crippen molar-refractivity contribution in [2.75, 3.05) is 11.9 Å². The SMILES string of the molecule is Cc1cccc(NC(=O)C2CC(=O)N(CCc3ccc(Cl)cc3)C(=Nc3cccc(Cl)c3)S2)c1. The molecule has 3 aromatic carbocycles. The Morgan fingerprint density at radius 1 is 1.06 bits per heavy atom. The third kappa shape index (κ3) is 6.41. The molecule has 0 radical (unpaired) electrons. The van der Waals surface area contributed by atoms with E-state index in [9.17, 15) is 9.59 Å². The second kappa shape index (κ2) is 11.1. The molecule has 0 bridgehead atoms. The summed E-state index contributed by atoms with van der Waals surface area (Å²) < 4.78 is 0. The number of thioether (sulfide) groups is 1. The number of amides is 2. The molecule has 1 aliphatic rings. The van der Waals surface area contributed by atoms with E-state index in [4.69, 9.17) is 28.2 Å². The van der Waals surface area contributed by atoms with Crippen molar-refractivity contribution in [2.45, 2.75) is 25.0 Å². The van der Waals surface area contributed by atoms with E-state index in [-0.39, 0.29) is 18.2 Å². The van der Waals surface area contributed by atoms with Crippen LogP contribution in [-0.4, -0.2) is 33.7 Å². The van der Waals surface area contributed by atoms with Crippen molar-refractivity contribution in [2.24, 2.45) is 4.99 Å². The summed E-state index contributed by atoms with van der Waals surface area (Å²) in [7, 11) is 0. The predicted molar refractivity (Wildman–Crippen MR) is 141 cm³/mol. The quantitative estimate of drug-likeness (QED) is 0.410. The first-order chi connectivity index (χ1) is 16.4. The molecule has 1 heterocycles. The van der Waals surface area contributed by atoms with Crippen LogP contribution in [0.1, 0.15) is 17.5 Å². The summed E-state index contributed by atoms with van der Waals surface area (Å²) in [5, 5.41) is 4.04. The van der Waals surface area contributed by atoms with Gasteiger partial charge in [-0.1, -0.05) is 65.3 Å². The fourth-order valence-electron chi connectivity index (χ4n) is 3.55. The lowest BCUT2D eigenvalue weighted by Crippen LogP contribution is -2.46. The number of hydrogen-bond donors (Lipinski definition) is 1. The number of rotatable bonds is 6. The van der Waals surface area contributed by atoms with Crippen LogP contribution in [0.4, 0.5) is 11.4 Å². The summed E-state index contributed by atoms with van der Waals surface area (Å²) in [6.45, 7) is 2.40. The van der Waals surface area contributed by atoms with Crippen LogP contribution in [0.15, 0.2) is 77.8 Å². The van der Waals surface area contributed by atoms with Gasteiger partial charge in [0.25, 0.3) is 0 Å². The molecule has 2 amide bonds. The Kier molecular flexibility index (Phi) is 7.93. The van der Waals surface area contributed by atoms with Crippen molar-refractivity contribution in [3.05, 3.63) is 94.0 Å². The number of amidine groups is 1. The zero-order valence-electron chi connectivity index (χ0n) is 18.5. The molecule has 5 nitrogen and oxygen atoms in total. The Morgan fingerprint density at radius 2 is 1.82 bits per heavy atom. The Hall–Kier alpha value is -2.80. The molecule has 174 valence electrons. The summed E-state index contributed by atoms with van der Waals surface area (Å²) in [5.74, 6) is -0.363. The normalized spacial score (nSPS) is 17.1. The van der Waals surface area contributed by atoms with E-state index < -0.39 is 5.25 Å². The van der Waals surface area contributed by atoms with E-state index in [0.29, 0.717) is 39.6 Å². The van der Waals surface area contributed by atoms with Crippen LogP contribution in [0.2, 0.25) is 10.0 Å². The molecule has 3 aromatic rings. The number of aliphatic imine (C=N–C) groups is 1. The molecule has 1 N–H and O–H groups in total. The molecule has 8 heteroatoms. The number of nitrogens with one attached hydrogen (secondary N) is 1. The molecule has 0 aliphatic carbocycles. The maximum absolute atomic E-state index is 13.2. The molecular weight excluding hydrogens is 489 g/mol. The molecule has 1 fully saturated rings. The van der Waals surface area contributed by atoms with Crippen molar-refractivity contribution in [3.8, 4) is 0 Å². The van der Waals surface area contributed by atoms with Gasteiger partial charge in [0.1, 0.15) is 5.25 Å². The number of aryl methyl sites for hydroxylation is 1. The van der Waals surface area contributed by atoms with E-state index in [1.165, 1.54) is 11.8 Å². The van der Waals surface area contributed by atoms with Gasteiger partial charge in [0, 0.05) is 28.7 Å². The number of carbonyl (C=O) groups excluding carboxylic acids is 2. The van der Waals surface area contributed by atoms with Crippen molar-refractivity contribution >= 4 is 63.3 Å². The fraction of sp³-hybridized carbons (Fsp3) is 0.192.